The van der Waals surface area contributed by atoms with Crippen LogP contribution in [0, 0.1) is 0 Å². The summed E-state index contributed by atoms with van der Waals surface area (Å²) in [4.78, 5) is 26.2. The lowest BCUT2D eigenvalue weighted by atomic mass is 10.2. The highest BCUT2D eigenvalue weighted by molar-refractivity contribution is 5.97. The lowest BCUT2D eigenvalue weighted by Crippen LogP contribution is -2.45. The average molecular weight is 370 g/mol. The van der Waals surface area contributed by atoms with E-state index in [9.17, 15) is 18.4 Å². The van der Waals surface area contributed by atoms with Crippen molar-refractivity contribution in [2.45, 2.75) is 51.6 Å². The maximum absolute atomic E-state index is 13.1. The molecule has 1 aromatic carbocycles. The predicted octanol–water partition coefficient (Wildman–Crippen LogP) is 3.35. The number of carbonyl (C=O) groups is 2. The molecule has 26 heavy (non-hydrogen) atoms. The predicted molar refractivity (Wildman–Crippen MR) is 87.2 cm³/mol. The van der Waals surface area contributed by atoms with Crippen LogP contribution >= 0.6 is 0 Å². The molecule has 1 aromatic rings. The van der Waals surface area contributed by atoms with Crippen LogP contribution in [0.5, 0.6) is 11.5 Å². The van der Waals surface area contributed by atoms with Crippen molar-refractivity contribution in [2.75, 3.05) is 11.9 Å². The molecule has 0 unspecified atom stereocenters. The molecule has 2 aliphatic rings. The van der Waals surface area contributed by atoms with Crippen LogP contribution in [0.3, 0.4) is 0 Å². The molecular formula is C17H20F2N2O5. The number of carbonyl (C=O) groups excluding carboxylic acids is 2. The molecule has 0 spiro atoms. The molecule has 0 bridgehead atoms. The Morgan fingerprint density at radius 3 is 2.65 bits per heavy atom. The van der Waals surface area contributed by atoms with Gasteiger partial charge in [0, 0.05) is 18.3 Å². The Morgan fingerprint density at radius 1 is 1.27 bits per heavy atom. The number of ether oxygens (including phenoxy) is 3. The van der Waals surface area contributed by atoms with Crippen molar-refractivity contribution in [2.24, 2.45) is 0 Å². The number of nitrogens with zero attached hydrogens (tertiary/aromatic N) is 1. The van der Waals surface area contributed by atoms with Crippen molar-refractivity contribution in [3.05, 3.63) is 18.2 Å². The summed E-state index contributed by atoms with van der Waals surface area (Å²) >= 11 is 0. The number of fused-ring (bicyclic) bond motifs is 1. The Morgan fingerprint density at radius 2 is 1.96 bits per heavy atom. The van der Waals surface area contributed by atoms with Crippen molar-refractivity contribution in [3.8, 4) is 11.5 Å². The SMILES string of the molecule is CC(C)(C)OC(=O)N1CCC[C@H]1C(=O)Nc1ccc2c(c1)OC(F)(F)O2. The number of hydrogen-bond acceptors (Lipinski definition) is 5. The number of anilines is 1. The number of alkyl halides is 2. The van der Waals surface area contributed by atoms with E-state index in [4.69, 9.17) is 4.74 Å². The van der Waals surface area contributed by atoms with E-state index < -0.39 is 29.9 Å². The minimum atomic E-state index is -3.72. The van der Waals surface area contributed by atoms with E-state index in [1.165, 1.54) is 23.1 Å². The van der Waals surface area contributed by atoms with Gasteiger partial charge in [-0.25, -0.2) is 4.79 Å². The van der Waals surface area contributed by atoms with Crippen LogP contribution < -0.4 is 14.8 Å². The number of likely N-dealkylation sites (tertiary alicyclic amines) is 1. The van der Waals surface area contributed by atoms with Crippen LogP contribution in [0.4, 0.5) is 19.3 Å². The number of hydrogen-bond donors (Lipinski definition) is 1. The normalized spacial score (nSPS) is 20.8. The summed E-state index contributed by atoms with van der Waals surface area (Å²) < 4.78 is 40.1. The van der Waals surface area contributed by atoms with Gasteiger partial charge >= 0.3 is 12.4 Å². The lowest BCUT2D eigenvalue weighted by Gasteiger charge is -2.28. The Kier molecular flexibility index (Phi) is 4.41. The van der Waals surface area contributed by atoms with E-state index in [0.717, 1.165) is 0 Å². The van der Waals surface area contributed by atoms with Crippen LogP contribution in [0.25, 0.3) is 0 Å². The van der Waals surface area contributed by atoms with Crippen LogP contribution in [-0.2, 0) is 9.53 Å². The first-order valence-electron chi connectivity index (χ1n) is 8.24. The van der Waals surface area contributed by atoms with Gasteiger partial charge in [-0.2, -0.15) is 0 Å². The Labute approximate surface area is 149 Å². The molecule has 0 radical (unpaired) electrons. The topological polar surface area (TPSA) is 77.1 Å². The van der Waals surface area contributed by atoms with Crippen LogP contribution in [0.2, 0.25) is 0 Å². The summed E-state index contributed by atoms with van der Waals surface area (Å²) in [5.41, 5.74) is -0.394. The number of benzene rings is 1. The molecule has 0 aliphatic carbocycles. The smallest absolute Gasteiger partial charge is 0.444 e. The summed E-state index contributed by atoms with van der Waals surface area (Å²) in [7, 11) is 0. The maximum Gasteiger partial charge on any atom is 0.586 e. The van der Waals surface area contributed by atoms with E-state index in [2.05, 4.69) is 14.8 Å². The van der Waals surface area contributed by atoms with Gasteiger partial charge in [0.15, 0.2) is 11.5 Å². The van der Waals surface area contributed by atoms with Gasteiger partial charge < -0.3 is 19.5 Å². The Balaban J connectivity index is 1.67. The Hall–Kier alpha value is -2.58. The van der Waals surface area contributed by atoms with Gasteiger partial charge in [0.1, 0.15) is 11.6 Å². The molecule has 0 aromatic heterocycles. The average Bonchev–Trinajstić information content (AvgIpc) is 3.07. The quantitative estimate of drug-likeness (QED) is 0.864. The van der Waals surface area contributed by atoms with Gasteiger partial charge in [0.05, 0.1) is 0 Å². The molecule has 0 saturated carbocycles. The minimum Gasteiger partial charge on any atom is -0.444 e. The molecule has 1 saturated heterocycles. The second kappa shape index (κ2) is 6.30. The van der Waals surface area contributed by atoms with Crippen LogP contribution in [0.1, 0.15) is 33.6 Å². The van der Waals surface area contributed by atoms with Crippen molar-refractivity contribution in [3.63, 3.8) is 0 Å². The van der Waals surface area contributed by atoms with Crippen molar-refractivity contribution >= 4 is 17.7 Å². The van der Waals surface area contributed by atoms with E-state index in [0.29, 0.717) is 19.4 Å². The first kappa shape index (κ1) is 18.2. The van der Waals surface area contributed by atoms with E-state index >= 15 is 0 Å². The third kappa shape index (κ3) is 3.97. The fraction of sp³-hybridized carbons (Fsp3) is 0.529. The molecule has 1 N–H and O–H groups in total. The zero-order valence-electron chi connectivity index (χ0n) is 14.7. The van der Waals surface area contributed by atoms with Crippen molar-refractivity contribution < 1.29 is 32.6 Å². The molecule has 1 fully saturated rings. The number of rotatable bonds is 2. The van der Waals surface area contributed by atoms with E-state index in [-0.39, 0.29) is 17.2 Å². The van der Waals surface area contributed by atoms with Gasteiger partial charge in [-0.3, -0.25) is 9.69 Å². The van der Waals surface area contributed by atoms with Gasteiger partial charge in [0.25, 0.3) is 0 Å². The molecule has 1 atom stereocenters. The van der Waals surface area contributed by atoms with Crippen molar-refractivity contribution in [1.29, 1.82) is 0 Å². The van der Waals surface area contributed by atoms with Crippen LogP contribution in [-0.4, -0.2) is 41.4 Å². The molecule has 9 heteroatoms. The highest BCUT2D eigenvalue weighted by Gasteiger charge is 2.43. The minimum absolute atomic E-state index is 0.107. The first-order valence-corrected chi connectivity index (χ1v) is 8.24. The monoisotopic (exact) mass is 370 g/mol. The molecule has 2 aliphatic heterocycles. The second-order valence-corrected chi connectivity index (χ2v) is 7.15. The van der Waals surface area contributed by atoms with Gasteiger partial charge in [-0.1, -0.05) is 0 Å². The van der Waals surface area contributed by atoms with Gasteiger partial charge in [-0.15, -0.1) is 8.78 Å². The number of nitrogens with one attached hydrogen (secondary N) is 1. The molecule has 3 rings (SSSR count). The summed E-state index contributed by atoms with van der Waals surface area (Å²) in [5, 5.41) is 2.62. The molecule has 2 amide bonds. The fourth-order valence-electron chi connectivity index (χ4n) is 2.83. The van der Waals surface area contributed by atoms with Crippen LogP contribution in [0.15, 0.2) is 18.2 Å². The zero-order chi connectivity index (χ0) is 19.1. The summed E-state index contributed by atoms with van der Waals surface area (Å²) in [5.74, 6) is -0.688. The van der Waals surface area contributed by atoms with Crippen molar-refractivity contribution in [1.82, 2.24) is 4.90 Å². The summed E-state index contributed by atoms with van der Waals surface area (Å²) in [6, 6.07) is 3.28. The van der Waals surface area contributed by atoms with Gasteiger partial charge in [0.2, 0.25) is 5.91 Å². The van der Waals surface area contributed by atoms with E-state index in [1.54, 1.807) is 20.8 Å². The van der Waals surface area contributed by atoms with Gasteiger partial charge in [-0.05, 0) is 45.7 Å². The summed E-state index contributed by atoms with van der Waals surface area (Å²) in [6.45, 7) is 5.66. The molecular weight excluding hydrogens is 350 g/mol. The first-order chi connectivity index (χ1) is 12.0. The molecule has 7 nitrogen and oxygen atoms in total. The standard InChI is InChI=1S/C17H20F2N2O5/c1-16(2,3)26-15(23)21-8-4-5-11(21)14(22)20-10-6-7-12-13(9-10)25-17(18,19)24-12/h6-7,9,11H,4-5,8H2,1-3H3,(H,20,22)/t11-/m0/s1. The third-order valence-electron chi connectivity index (χ3n) is 3.85. The number of halogens is 2. The molecule has 2 heterocycles. The van der Waals surface area contributed by atoms with E-state index in [1.807, 2.05) is 0 Å². The zero-order valence-corrected chi connectivity index (χ0v) is 14.7. The number of amides is 2. The highest BCUT2D eigenvalue weighted by atomic mass is 19.3. The highest BCUT2D eigenvalue weighted by Crippen LogP contribution is 2.42. The fourth-order valence-corrected chi connectivity index (χ4v) is 2.83. The summed E-state index contributed by atoms with van der Waals surface area (Å²) in [6.07, 6.45) is -3.11. The maximum atomic E-state index is 13.1. The second-order valence-electron chi connectivity index (χ2n) is 7.15. The third-order valence-corrected chi connectivity index (χ3v) is 3.85. The largest absolute Gasteiger partial charge is 0.586 e. The molecule has 142 valence electrons. The Bertz CT molecular complexity index is 732. The lowest BCUT2D eigenvalue weighted by molar-refractivity contribution is -0.286.